The van der Waals surface area contributed by atoms with Gasteiger partial charge in [-0.3, -0.25) is 9.80 Å². The van der Waals surface area contributed by atoms with Crippen molar-refractivity contribution in [3.63, 3.8) is 0 Å². The lowest BCUT2D eigenvalue weighted by molar-refractivity contribution is 0.230. The highest BCUT2D eigenvalue weighted by Gasteiger charge is 2.29. The first kappa shape index (κ1) is 13.4. The van der Waals surface area contributed by atoms with Crippen LogP contribution in [0, 0.1) is 0 Å². The van der Waals surface area contributed by atoms with Crippen LogP contribution in [-0.4, -0.2) is 42.0 Å². The quantitative estimate of drug-likeness (QED) is 0.868. The number of hydrogen-bond donors (Lipinski definition) is 1. The number of rotatable bonds is 3. The summed E-state index contributed by atoms with van der Waals surface area (Å²) >= 11 is 3.62. The number of anilines is 1. The summed E-state index contributed by atoms with van der Waals surface area (Å²) in [6.45, 7) is 5.96. The minimum absolute atomic E-state index is 0.770. The molecule has 1 aromatic rings. The summed E-state index contributed by atoms with van der Waals surface area (Å²) in [6, 6.07) is 6.85. The molecule has 104 valence electrons. The average Bonchev–Trinajstić information content (AvgIpc) is 3.04. The fraction of sp³-hybridized carbons (Fsp3) is 0.600. The van der Waals surface area contributed by atoms with Crippen LogP contribution in [-0.2, 0) is 6.54 Å². The van der Waals surface area contributed by atoms with Crippen molar-refractivity contribution in [1.82, 2.24) is 9.80 Å². The van der Waals surface area contributed by atoms with Crippen molar-refractivity contribution >= 4 is 21.6 Å². The van der Waals surface area contributed by atoms with Crippen molar-refractivity contribution in [1.29, 1.82) is 0 Å². The zero-order valence-electron chi connectivity index (χ0n) is 11.3. The molecule has 2 saturated heterocycles. The van der Waals surface area contributed by atoms with Gasteiger partial charge in [0.15, 0.2) is 0 Å². The zero-order valence-corrected chi connectivity index (χ0v) is 12.9. The monoisotopic (exact) mass is 323 g/mol. The highest BCUT2D eigenvalue weighted by atomic mass is 79.9. The normalized spacial score (nSPS) is 25.2. The number of likely N-dealkylation sites (tertiary alicyclic amines) is 2. The molecule has 1 unspecified atom stereocenters. The first-order chi connectivity index (χ1) is 9.24. The van der Waals surface area contributed by atoms with Gasteiger partial charge in [-0.2, -0.15) is 0 Å². The van der Waals surface area contributed by atoms with E-state index in [4.69, 9.17) is 5.73 Å². The molecule has 0 radical (unpaired) electrons. The lowest BCUT2D eigenvalue weighted by atomic mass is 10.1. The molecule has 4 heteroatoms. The Morgan fingerprint density at radius 2 is 2.00 bits per heavy atom. The third-order valence-corrected chi connectivity index (χ3v) is 5.18. The van der Waals surface area contributed by atoms with Gasteiger partial charge in [0, 0.05) is 41.4 Å². The lowest BCUT2D eigenvalue weighted by Gasteiger charge is -2.24. The zero-order chi connectivity index (χ0) is 13.2. The summed E-state index contributed by atoms with van der Waals surface area (Å²) in [5.41, 5.74) is 8.23. The van der Waals surface area contributed by atoms with E-state index in [2.05, 4.69) is 31.8 Å². The molecule has 2 heterocycles. The van der Waals surface area contributed by atoms with Crippen LogP contribution in [0.2, 0.25) is 0 Å². The lowest BCUT2D eigenvalue weighted by Crippen LogP contribution is -2.35. The molecule has 1 aromatic carbocycles. The van der Waals surface area contributed by atoms with Crippen molar-refractivity contribution in [2.24, 2.45) is 0 Å². The predicted octanol–water partition coefficient (Wildman–Crippen LogP) is 2.70. The standard InChI is InChI=1S/C15H22BrN3/c16-14-4-3-5-15(17)13(14)11-18-9-6-12(10-18)19-7-1-2-8-19/h3-5,12H,1-2,6-11,17H2. The molecule has 1 atom stereocenters. The van der Waals surface area contributed by atoms with E-state index in [0.29, 0.717) is 0 Å². The number of nitrogen functional groups attached to an aromatic ring is 1. The van der Waals surface area contributed by atoms with Crippen molar-refractivity contribution < 1.29 is 0 Å². The summed E-state index contributed by atoms with van der Waals surface area (Å²) in [6.07, 6.45) is 4.08. The van der Waals surface area contributed by atoms with E-state index in [1.807, 2.05) is 12.1 Å². The Kier molecular flexibility index (Phi) is 4.10. The maximum absolute atomic E-state index is 6.09. The van der Waals surface area contributed by atoms with Gasteiger partial charge in [-0.15, -0.1) is 0 Å². The van der Waals surface area contributed by atoms with Gasteiger partial charge in [-0.05, 0) is 44.5 Å². The summed E-state index contributed by atoms with van der Waals surface area (Å²) < 4.78 is 1.14. The second kappa shape index (κ2) is 5.81. The summed E-state index contributed by atoms with van der Waals surface area (Å²) in [5.74, 6) is 0. The molecular formula is C15H22BrN3. The number of hydrogen-bond acceptors (Lipinski definition) is 3. The molecule has 0 aliphatic carbocycles. The second-order valence-corrected chi connectivity index (χ2v) is 6.58. The molecule has 3 rings (SSSR count). The van der Waals surface area contributed by atoms with Crippen LogP contribution in [0.25, 0.3) is 0 Å². The van der Waals surface area contributed by atoms with Crippen LogP contribution in [0.1, 0.15) is 24.8 Å². The molecule has 0 saturated carbocycles. The van der Waals surface area contributed by atoms with Gasteiger partial charge in [-0.1, -0.05) is 22.0 Å². The topological polar surface area (TPSA) is 32.5 Å². The van der Waals surface area contributed by atoms with E-state index in [1.54, 1.807) is 0 Å². The maximum Gasteiger partial charge on any atom is 0.0371 e. The van der Waals surface area contributed by atoms with Crippen LogP contribution in [0.15, 0.2) is 22.7 Å². The van der Waals surface area contributed by atoms with Gasteiger partial charge in [0.25, 0.3) is 0 Å². The van der Waals surface area contributed by atoms with Crippen LogP contribution in [0.4, 0.5) is 5.69 Å². The van der Waals surface area contributed by atoms with Crippen LogP contribution >= 0.6 is 15.9 Å². The average molecular weight is 324 g/mol. The van der Waals surface area contributed by atoms with Crippen molar-refractivity contribution in [2.45, 2.75) is 31.8 Å². The van der Waals surface area contributed by atoms with Gasteiger partial charge in [-0.25, -0.2) is 0 Å². The smallest absolute Gasteiger partial charge is 0.0371 e. The number of benzene rings is 1. The number of nitrogens with zero attached hydrogens (tertiary/aromatic N) is 2. The molecule has 19 heavy (non-hydrogen) atoms. The molecule has 2 aliphatic rings. The largest absolute Gasteiger partial charge is 0.398 e. The first-order valence-corrected chi connectivity index (χ1v) is 8.02. The Labute approximate surface area is 123 Å². The van der Waals surface area contributed by atoms with E-state index < -0.39 is 0 Å². The molecule has 0 spiro atoms. The van der Waals surface area contributed by atoms with E-state index in [9.17, 15) is 0 Å². The molecular weight excluding hydrogens is 302 g/mol. The SMILES string of the molecule is Nc1cccc(Br)c1CN1CCC(N2CCCC2)C1. The highest BCUT2D eigenvalue weighted by molar-refractivity contribution is 9.10. The first-order valence-electron chi connectivity index (χ1n) is 7.23. The van der Waals surface area contributed by atoms with E-state index in [-0.39, 0.29) is 0 Å². The third-order valence-electron chi connectivity index (χ3n) is 4.44. The number of nitrogens with two attached hydrogens (primary N) is 1. The van der Waals surface area contributed by atoms with Gasteiger partial charge in [0.2, 0.25) is 0 Å². The predicted molar refractivity (Wildman–Crippen MR) is 83.0 cm³/mol. The fourth-order valence-corrected chi connectivity index (χ4v) is 3.83. The van der Waals surface area contributed by atoms with Crippen LogP contribution < -0.4 is 5.73 Å². The van der Waals surface area contributed by atoms with Crippen LogP contribution in [0.3, 0.4) is 0 Å². The van der Waals surface area contributed by atoms with E-state index in [0.717, 1.165) is 22.7 Å². The Morgan fingerprint density at radius 1 is 1.21 bits per heavy atom. The Morgan fingerprint density at radius 3 is 2.74 bits per heavy atom. The van der Waals surface area contributed by atoms with Gasteiger partial charge >= 0.3 is 0 Å². The summed E-state index contributed by atoms with van der Waals surface area (Å²) in [4.78, 5) is 5.21. The van der Waals surface area contributed by atoms with Gasteiger partial charge in [0.1, 0.15) is 0 Å². The highest BCUT2D eigenvalue weighted by Crippen LogP contribution is 2.27. The molecule has 2 N–H and O–H groups in total. The van der Waals surface area contributed by atoms with Gasteiger partial charge in [0.05, 0.1) is 0 Å². The minimum Gasteiger partial charge on any atom is -0.398 e. The molecule has 0 amide bonds. The van der Waals surface area contributed by atoms with Crippen molar-refractivity contribution in [3.8, 4) is 0 Å². The van der Waals surface area contributed by atoms with Crippen molar-refractivity contribution in [2.75, 3.05) is 31.9 Å². The minimum atomic E-state index is 0.770. The Balaban J connectivity index is 1.62. The van der Waals surface area contributed by atoms with Crippen LogP contribution in [0.5, 0.6) is 0 Å². The van der Waals surface area contributed by atoms with E-state index in [1.165, 1.54) is 51.0 Å². The number of halogens is 1. The Bertz CT molecular complexity index is 423. The van der Waals surface area contributed by atoms with Crippen molar-refractivity contribution in [3.05, 3.63) is 28.2 Å². The molecule has 3 nitrogen and oxygen atoms in total. The molecule has 0 aromatic heterocycles. The molecule has 0 bridgehead atoms. The third kappa shape index (κ3) is 2.96. The van der Waals surface area contributed by atoms with E-state index >= 15 is 0 Å². The fourth-order valence-electron chi connectivity index (χ4n) is 3.33. The second-order valence-electron chi connectivity index (χ2n) is 5.73. The molecule has 2 aliphatic heterocycles. The summed E-state index contributed by atoms with van der Waals surface area (Å²) in [7, 11) is 0. The Hall–Kier alpha value is -0.580. The summed E-state index contributed by atoms with van der Waals surface area (Å²) in [5, 5.41) is 0. The molecule has 2 fully saturated rings. The maximum atomic E-state index is 6.09. The van der Waals surface area contributed by atoms with Gasteiger partial charge < -0.3 is 5.73 Å².